The average Bonchev–Trinajstić information content (AvgIpc) is 2.66. The Hall–Kier alpha value is -1.71. The van der Waals surface area contributed by atoms with Gasteiger partial charge in [-0.2, -0.15) is 0 Å². The predicted molar refractivity (Wildman–Crippen MR) is 61.7 cm³/mol. The molecule has 88 valence electrons. The molecule has 0 atom stereocenters. The van der Waals surface area contributed by atoms with E-state index in [1.54, 1.807) is 24.5 Å². The van der Waals surface area contributed by atoms with Gasteiger partial charge in [-0.05, 0) is 23.6 Å². The molecule has 0 aliphatic carbocycles. The second kappa shape index (κ2) is 5.39. The second-order valence-electron chi connectivity index (χ2n) is 4.63. The third-order valence-electron chi connectivity index (χ3n) is 1.63. The van der Waals surface area contributed by atoms with Crippen LogP contribution in [0.5, 0.6) is 0 Å². The highest BCUT2D eigenvalue weighted by molar-refractivity contribution is 5.69. The van der Waals surface area contributed by atoms with E-state index in [1.807, 2.05) is 20.8 Å². The lowest BCUT2D eigenvalue weighted by atomic mass is 9.99. The maximum absolute atomic E-state index is 11.2. The van der Waals surface area contributed by atoms with Crippen molar-refractivity contribution in [1.82, 2.24) is 5.32 Å². The molecule has 0 aliphatic rings. The number of nitrogens with one attached hydrogen (secondary N) is 1. The van der Waals surface area contributed by atoms with Gasteiger partial charge in [-0.3, -0.25) is 5.32 Å². The number of rotatable bonds is 3. The third-order valence-corrected chi connectivity index (χ3v) is 1.63. The van der Waals surface area contributed by atoms with Crippen molar-refractivity contribution in [2.45, 2.75) is 20.8 Å². The lowest BCUT2D eigenvalue weighted by molar-refractivity contribution is 0.109. The molecule has 4 heteroatoms. The molecule has 4 nitrogen and oxygen atoms in total. The zero-order chi connectivity index (χ0) is 12.0. The average molecular weight is 223 g/mol. The molecule has 0 fully saturated rings. The van der Waals surface area contributed by atoms with Crippen molar-refractivity contribution in [2.24, 2.45) is 5.41 Å². The fourth-order valence-corrected chi connectivity index (χ4v) is 0.902. The van der Waals surface area contributed by atoms with Crippen LogP contribution in [0.4, 0.5) is 4.79 Å². The molecule has 0 aliphatic heterocycles. The van der Waals surface area contributed by atoms with Gasteiger partial charge in [0.25, 0.3) is 0 Å². The summed E-state index contributed by atoms with van der Waals surface area (Å²) in [5, 5.41) is 2.49. The van der Waals surface area contributed by atoms with Gasteiger partial charge >= 0.3 is 6.09 Å². The van der Waals surface area contributed by atoms with E-state index in [2.05, 4.69) is 5.32 Å². The SMILES string of the molecule is CC(C)(C)COC(=O)NC=Cc1ccco1. The van der Waals surface area contributed by atoms with E-state index in [-0.39, 0.29) is 5.41 Å². The lowest BCUT2D eigenvalue weighted by Crippen LogP contribution is -2.24. The van der Waals surface area contributed by atoms with Gasteiger partial charge in [-0.1, -0.05) is 20.8 Å². The summed E-state index contributed by atoms with van der Waals surface area (Å²) in [6.45, 7) is 6.38. The largest absolute Gasteiger partial charge is 0.465 e. The van der Waals surface area contributed by atoms with Crippen LogP contribution in [-0.4, -0.2) is 12.7 Å². The van der Waals surface area contributed by atoms with E-state index < -0.39 is 6.09 Å². The minimum Gasteiger partial charge on any atom is -0.465 e. The molecule has 0 radical (unpaired) electrons. The second-order valence-corrected chi connectivity index (χ2v) is 4.63. The van der Waals surface area contributed by atoms with E-state index in [0.717, 1.165) is 0 Å². The molecule has 16 heavy (non-hydrogen) atoms. The number of carbonyl (C=O) groups excluding carboxylic acids is 1. The van der Waals surface area contributed by atoms with E-state index in [0.29, 0.717) is 12.4 Å². The van der Waals surface area contributed by atoms with E-state index in [4.69, 9.17) is 9.15 Å². The number of furan rings is 1. The van der Waals surface area contributed by atoms with Gasteiger partial charge in [0.1, 0.15) is 5.76 Å². The number of hydrogen-bond acceptors (Lipinski definition) is 3. The molecule has 1 rings (SSSR count). The van der Waals surface area contributed by atoms with Crippen LogP contribution in [-0.2, 0) is 4.74 Å². The molecule has 1 amide bonds. The van der Waals surface area contributed by atoms with Crippen LogP contribution in [0.25, 0.3) is 6.08 Å². The molecule has 0 bridgehead atoms. The number of hydrogen-bond donors (Lipinski definition) is 1. The Kier molecular flexibility index (Phi) is 4.17. The molecule has 0 aromatic carbocycles. The summed E-state index contributed by atoms with van der Waals surface area (Å²) in [4.78, 5) is 11.2. The monoisotopic (exact) mass is 223 g/mol. The zero-order valence-corrected chi connectivity index (χ0v) is 9.82. The van der Waals surface area contributed by atoms with Crippen LogP contribution >= 0.6 is 0 Å². The lowest BCUT2D eigenvalue weighted by Gasteiger charge is -2.17. The minimum atomic E-state index is -0.460. The Labute approximate surface area is 95.3 Å². The van der Waals surface area contributed by atoms with Crippen molar-refractivity contribution in [2.75, 3.05) is 6.61 Å². The molecule has 1 N–H and O–H groups in total. The van der Waals surface area contributed by atoms with Gasteiger partial charge in [-0.15, -0.1) is 0 Å². The highest BCUT2D eigenvalue weighted by atomic mass is 16.5. The van der Waals surface area contributed by atoms with Gasteiger partial charge in [0.15, 0.2) is 0 Å². The Bertz CT molecular complexity index is 347. The fourth-order valence-electron chi connectivity index (χ4n) is 0.902. The van der Waals surface area contributed by atoms with Gasteiger partial charge in [0, 0.05) is 6.20 Å². The molecular weight excluding hydrogens is 206 g/mol. The van der Waals surface area contributed by atoms with Crippen molar-refractivity contribution in [3.63, 3.8) is 0 Å². The standard InChI is InChI=1S/C12H17NO3/c1-12(2,3)9-16-11(14)13-7-6-10-5-4-8-15-10/h4-8H,9H2,1-3H3,(H,13,14). The third kappa shape index (κ3) is 5.24. The van der Waals surface area contributed by atoms with Crippen LogP contribution in [0.1, 0.15) is 26.5 Å². The highest BCUT2D eigenvalue weighted by Gasteiger charge is 2.12. The Morgan fingerprint density at radius 3 is 2.88 bits per heavy atom. The van der Waals surface area contributed by atoms with E-state index in [9.17, 15) is 4.79 Å². The summed E-state index contributed by atoms with van der Waals surface area (Å²) >= 11 is 0. The van der Waals surface area contributed by atoms with Crippen LogP contribution in [0, 0.1) is 5.41 Å². The first-order chi connectivity index (χ1) is 7.47. The maximum atomic E-state index is 11.2. The first-order valence-corrected chi connectivity index (χ1v) is 5.11. The molecule has 0 saturated heterocycles. The number of alkyl carbamates (subject to hydrolysis) is 1. The molecule has 0 spiro atoms. The normalized spacial score (nSPS) is 11.7. The number of ether oxygens (including phenoxy) is 1. The first kappa shape index (κ1) is 12.4. The predicted octanol–water partition coefficient (Wildman–Crippen LogP) is 3.02. The summed E-state index contributed by atoms with van der Waals surface area (Å²) in [6, 6.07) is 3.57. The Balaban J connectivity index is 2.25. The summed E-state index contributed by atoms with van der Waals surface area (Å²) < 4.78 is 10.0. The van der Waals surface area contributed by atoms with Crippen molar-refractivity contribution in [3.05, 3.63) is 30.4 Å². The highest BCUT2D eigenvalue weighted by Crippen LogP contribution is 2.12. The van der Waals surface area contributed by atoms with Gasteiger partial charge in [0.05, 0.1) is 12.9 Å². The smallest absolute Gasteiger partial charge is 0.411 e. The molecule has 1 aromatic rings. The van der Waals surface area contributed by atoms with E-state index in [1.165, 1.54) is 6.20 Å². The molecule has 1 heterocycles. The molecule has 0 unspecified atom stereocenters. The van der Waals surface area contributed by atoms with E-state index >= 15 is 0 Å². The quantitative estimate of drug-likeness (QED) is 0.856. The summed E-state index contributed by atoms with van der Waals surface area (Å²) in [5.74, 6) is 0.677. The van der Waals surface area contributed by atoms with Gasteiger partial charge < -0.3 is 9.15 Å². The van der Waals surface area contributed by atoms with Crippen LogP contribution < -0.4 is 5.32 Å². The van der Waals surface area contributed by atoms with Gasteiger partial charge in [-0.25, -0.2) is 4.79 Å². The minimum absolute atomic E-state index is 0.0257. The van der Waals surface area contributed by atoms with Crippen molar-refractivity contribution < 1.29 is 13.9 Å². The molecule has 1 aromatic heterocycles. The summed E-state index contributed by atoms with van der Waals surface area (Å²) in [7, 11) is 0. The van der Waals surface area contributed by atoms with Gasteiger partial charge in [0.2, 0.25) is 0 Å². The summed E-state index contributed by atoms with van der Waals surface area (Å²) in [5.41, 5.74) is -0.0257. The fraction of sp³-hybridized carbons (Fsp3) is 0.417. The Morgan fingerprint density at radius 2 is 2.31 bits per heavy atom. The number of amides is 1. The van der Waals surface area contributed by atoms with Crippen molar-refractivity contribution >= 4 is 12.2 Å². The first-order valence-electron chi connectivity index (χ1n) is 5.11. The van der Waals surface area contributed by atoms with Crippen LogP contribution in [0.3, 0.4) is 0 Å². The maximum Gasteiger partial charge on any atom is 0.411 e. The Morgan fingerprint density at radius 1 is 1.56 bits per heavy atom. The summed E-state index contributed by atoms with van der Waals surface area (Å²) in [6.07, 6.45) is 4.25. The van der Waals surface area contributed by atoms with Crippen molar-refractivity contribution in [1.29, 1.82) is 0 Å². The van der Waals surface area contributed by atoms with Crippen LogP contribution in [0.15, 0.2) is 29.0 Å². The molecule has 0 saturated carbocycles. The van der Waals surface area contributed by atoms with Crippen LogP contribution in [0.2, 0.25) is 0 Å². The molecular formula is C12H17NO3. The zero-order valence-electron chi connectivity index (χ0n) is 9.82. The topological polar surface area (TPSA) is 51.5 Å². The van der Waals surface area contributed by atoms with Crippen molar-refractivity contribution in [3.8, 4) is 0 Å². The number of carbonyl (C=O) groups is 1.